The predicted octanol–water partition coefficient (Wildman–Crippen LogP) is 4.89. The van der Waals surface area contributed by atoms with E-state index in [9.17, 15) is 10.1 Å². The number of nitrogens with zero attached hydrogens (tertiary/aromatic N) is 3. The Kier molecular flexibility index (Phi) is 6.07. The van der Waals surface area contributed by atoms with Crippen molar-refractivity contribution in [2.75, 3.05) is 5.32 Å². The molecule has 27 heavy (non-hydrogen) atoms. The normalized spacial score (nSPS) is 11.1. The molecule has 3 rings (SSSR count). The van der Waals surface area contributed by atoms with Crippen molar-refractivity contribution in [3.63, 3.8) is 0 Å². The second-order valence-corrected chi connectivity index (χ2v) is 6.93. The van der Waals surface area contributed by atoms with E-state index in [1.807, 2.05) is 42.5 Å². The summed E-state index contributed by atoms with van der Waals surface area (Å²) in [6.07, 6.45) is 4.86. The van der Waals surface area contributed by atoms with Gasteiger partial charge < -0.3 is 5.32 Å². The van der Waals surface area contributed by atoms with Crippen molar-refractivity contribution in [2.24, 2.45) is 0 Å². The molecular weight excluding hydrogens is 428 g/mol. The molecule has 0 aliphatic carbocycles. The summed E-state index contributed by atoms with van der Waals surface area (Å²) in [6, 6.07) is 16.7. The van der Waals surface area contributed by atoms with E-state index >= 15 is 0 Å². The zero-order chi connectivity index (χ0) is 19.2. The second kappa shape index (κ2) is 8.67. The lowest BCUT2D eigenvalue weighted by atomic mass is 10.2. The Bertz CT molecular complexity index is 1050. The number of nitrogens with one attached hydrogen (secondary N) is 1. The van der Waals surface area contributed by atoms with E-state index in [0.29, 0.717) is 22.8 Å². The van der Waals surface area contributed by atoms with Gasteiger partial charge in [-0.1, -0.05) is 41.9 Å². The molecule has 0 spiro atoms. The Morgan fingerprint density at radius 3 is 2.74 bits per heavy atom. The minimum Gasteiger partial charge on any atom is -0.320 e. The van der Waals surface area contributed by atoms with Crippen LogP contribution in [0, 0.1) is 11.3 Å². The molecular formula is C20H14BrClN4O. The fraction of sp³-hybridized carbons (Fsp3) is 0.0500. The summed E-state index contributed by atoms with van der Waals surface area (Å²) < 4.78 is 2.44. The van der Waals surface area contributed by atoms with Crippen LogP contribution in [-0.4, -0.2) is 15.7 Å². The van der Waals surface area contributed by atoms with E-state index in [4.69, 9.17) is 11.6 Å². The van der Waals surface area contributed by atoms with E-state index < -0.39 is 5.91 Å². The van der Waals surface area contributed by atoms with Crippen LogP contribution < -0.4 is 5.32 Å². The summed E-state index contributed by atoms with van der Waals surface area (Å²) in [6.45, 7) is 0.499. The van der Waals surface area contributed by atoms with Crippen molar-refractivity contribution < 1.29 is 4.79 Å². The molecule has 1 aromatic heterocycles. The average molecular weight is 442 g/mol. The maximum Gasteiger partial charge on any atom is 0.266 e. The highest BCUT2D eigenvalue weighted by Gasteiger charge is 2.12. The molecule has 0 aliphatic rings. The Balaban J connectivity index is 1.75. The first-order valence-corrected chi connectivity index (χ1v) is 9.17. The molecule has 1 heterocycles. The smallest absolute Gasteiger partial charge is 0.266 e. The number of nitriles is 1. The van der Waals surface area contributed by atoms with Gasteiger partial charge in [0.15, 0.2) is 0 Å². The highest BCUT2D eigenvalue weighted by atomic mass is 79.9. The Labute approximate surface area is 170 Å². The standard InChI is InChI=1S/C20H14BrClN4O/c21-17-6-2-4-8-19(17)25-20(27)16(10-23)9-14-11-24-26(12-14)13-15-5-1-3-7-18(15)22/h1-9,11-12H,13H2,(H,25,27). The quantitative estimate of drug-likeness (QED) is 0.452. The second-order valence-electron chi connectivity index (χ2n) is 5.67. The predicted molar refractivity (Wildman–Crippen MR) is 109 cm³/mol. The molecule has 0 aliphatic heterocycles. The first-order chi connectivity index (χ1) is 13.1. The van der Waals surface area contributed by atoms with Crippen molar-refractivity contribution in [3.05, 3.63) is 87.1 Å². The fourth-order valence-electron chi connectivity index (χ4n) is 2.41. The average Bonchev–Trinajstić information content (AvgIpc) is 3.10. The number of aromatic nitrogens is 2. The summed E-state index contributed by atoms with van der Waals surface area (Å²) in [5.41, 5.74) is 2.17. The number of hydrogen-bond acceptors (Lipinski definition) is 3. The molecule has 0 fully saturated rings. The lowest BCUT2D eigenvalue weighted by Gasteiger charge is -2.06. The first kappa shape index (κ1) is 18.9. The molecule has 1 amide bonds. The van der Waals surface area contributed by atoms with Crippen LogP contribution >= 0.6 is 27.5 Å². The van der Waals surface area contributed by atoms with Crippen molar-refractivity contribution in [1.29, 1.82) is 5.26 Å². The molecule has 0 atom stereocenters. The maximum atomic E-state index is 12.4. The van der Waals surface area contributed by atoms with Gasteiger partial charge in [-0.2, -0.15) is 10.4 Å². The van der Waals surface area contributed by atoms with Gasteiger partial charge >= 0.3 is 0 Å². The highest BCUT2D eigenvalue weighted by Crippen LogP contribution is 2.22. The van der Waals surface area contributed by atoms with Gasteiger partial charge in [0.05, 0.1) is 18.4 Å². The molecule has 0 unspecified atom stereocenters. The summed E-state index contributed by atoms with van der Waals surface area (Å²) in [5, 5.41) is 17.0. The van der Waals surface area contributed by atoms with Gasteiger partial charge in [-0.25, -0.2) is 0 Å². The number of benzene rings is 2. The summed E-state index contributed by atoms with van der Waals surface area (Å²) in [7, 11) is 0. The molecule has 0 bridgehead atoms. The molecule has 0 saturated heterocycles. The monoisotopic (exact) mass is 440 g/mol. The number of halogens is 2. The molecule has 0 saturated carbocycles. The number of carbonyl (C=O) groups is 1. The Morgan fingerprint density at radius 1 is 1.26 bits per heavy atom. The largest absolute Gasteiger partial charge is 0.320 e. The third-order valence-electron chi connectivity index (χ3n) is 3.74. The molecule has 2 aromatic carbocycles. The van der Waals surface area contributed by atoms with E-state index in [1.165, 1.54) is 6.08 Å². The van der Waals surface area contributed by atoms with Gasteiger partial charge in [-0.3, -0.25) is 9.48 Å². The van der Waals surface area contributed by atoms with Crippen molar-refractivity contribution in [1.82, 2.24) is 9.78 Å². The van der Waals surface area contributed by atoms with Crippen molar-refractivity contribution in [2.45, 2.75) is 6.54 Å². The van der Waals surface area contributed by atoms with E-state index in [0.717, 1.165) is 10.0 Å². The highest BCUT2D eigenvalue weighted by molar-refractivity contribution is 9.10. The van der Waals surface area contributed by atoms with Crippen LogP contribution in [0.25, 0.3) is 6.08 Å². The zero-order valence-electron chi connectivity index (χ0n) is 14.1. The number of para-hydroxylation sites is 1. The lowest BCUT2D eigenvalue weighted by Crippen LogP contribution is -2.13. The van der Waals surface area contributed by atoms with Crippen LogP contribution in [0.15, 0.2) is 71.0 Å². The number of rotatable bonds is 5. The molecule has 134 valence electrons. The van der Waals surface area contributed by atoms with Gasteiger partial charge in [-0.15, -0.1) is 0 Å². The number of anilines is 1. The van der Waals surface area contributed by atoms with Crippen LogP contribution in [0.3, 0.4) is 0 Å². The summed E-state index contributed by atoms with van der Waals surface area (Å²) in [4.78, 5) is 12.4. The number of carbonyl (C=O) groups excluding carboxylic acids is 1. The molecule has 0 radical (unpaired) electrons. The topological polar surface area (TPSA) is 70.7 Å². The zero-order valence-corrected chi connectivity index (χ0v) is 16.4. The SMILES string of the molecule is N#CC(=Cc1cnn(Cc2ccccc2Cl)c1)C(=O)Nc1ccccc1Br. The van der Waals surface area contributed by atoms with Crippen LogP contribution in [0.5, 0.6) is 0 Å². The summed E-state index contributed by atoms with van der Waals surface area (Å²) in [5.74, 6) is -0.483. The van der Waals surface area contributed by atoms with Gasteiger partial charge in [0.2, 0.25) is 0 Å². The first-order valence-electron chi connectivity index (χ1n) is 8.00. The van der Waals surface area contributed by atoms with E-state index in [2.05, 4.69) is 26.3 Å². The number of hydrogen-bond donors (Lipinski definition) is 1. The van der Waals surface area contributed by atoms with Gasteiger partial charge in [0.1, 0.15) is 11.6 Å². The van der Waals surface area contributed by atoms with Crippen LogP contribution in [0.2, 0.25) is 5.02 Å². The molecule has 7 heteroatoms. The van der Waals surface area contributed by atoms with Crippen LogP contribution in [0.4, 0.5) is 5.69 Å². The molecule has 5 nitrogen and oxygen atoms in total. The summed E-state index contributed by atoms with van der Waals surface area (Å²) >= 11 is 9.53. The lowest BCUT2D eigenvalue weighted by molar-refractivity contribution is -0.112. The van der Waals surface area contributed by atoms with Gasteiger partial charge in [0.25, 0.3) is 5.91 Å². The van der Waals surface area contributed by atoms with Crippen molar-refractivity contribution >= 4 is 45.2 Å². The van der Waals surface area contributed by atoms with Crippen LogP contribution in [-0.2, 0) is 11.3 Å². The van der Waals surface area contributed by atoms with Crippen LogP contribution in [0.1, 0.15) is 11.1 Å². The van der Waals surface area contributed by atoms with Gasteiger partial charge in [0, 0.05) is 21.3 Å². The maximum absolute atomic E-state index is 12.4. The Hall–Kier alpha value is -2.88. The van der Waals surface area contributed by atoms with E-state index in [1.54, 1.807) is 29.2 Å². The molecule has 3 aromatic rings. The minimum atomic E-state index is -0.483. The third-order valence-corrected chi connectivity index (χ3v) is 4.80. The van der Waals surface area contributed by atoms with E-state index in [-0.39, 0.29) is 5.57 Å². The molecule has 1 N–H and O–H groups in total. The number of amides is 1. The minimum absolute atomic E-state index is 0.0111. The van der Waals surface area contributed by atoms with Crippen molar-refractivity contribution in [3.8, 4) is 6.07 Å². The Morgan fingerprint density at radius 2 is 2.00 bits per heavy atom. The fourth-order valence-corrected chi connectivity index (χ4v) is 2.99. The van der Waals surface area contributed by atoms with Gasteiger partial charge in [-0.05, 0) is 45.8 Å². The third kappa shape index (κ3) is 4.85.